The molecule has 0 bridgehead atoms. The van der Waals surface area contributed by atoms with Gasteiger partial charge in [-0.2, -0.15) is 0 Å². The molecule has 0 fully saturated rings. The summed E-state index contributed by atoms with van der Waals surface area (Å²) in [7, 11) is 1.41. The fourth-order valence-corrected chi connectivity index (χ4v) is 2.01. The molecule has 0 saturated heterocycles. The Morgan fingerprint density at radius 2 is 2.00 bits per heavy atom. The number of nitrogens with one attached hydrogen (secondary N) is 1. The summed E-state index contributed by atoms with van der Waals surface area (Å²) in [6.45, 7) is 3.97. The van der Waals surface area contributed by atoms with Crippen molar-refractivity contribution in [2.45, 2.75) is 19.9 Å². The zero-order valence-corrected chi connectivity index (χ0v) is 11.4. The first kappa shape index (κ1) is 13.3. The third-order valence-electron chi connectivity index (χ3n) is 3.08. The van der Waals surface area contributed by atoms with E-state index in [1.807, 2.05) is 44.2 Å². The lowest BCUT2D eigenvalue weighted by molar-refractivity contribution is -0.142. The molecule has 100 valence electrons. The zero-order valence-electron chi connectivity index (χ0n) is 11.4. The number of para-hydroxylation sites is 1. The number of methoxy groups -OCH3 is 1. The minimum absolute atomic E-state index is 0.138. The zero-order chi connectivity index (χ0) is 13.8. The van der Waals surface area contributed by atoms with E-state index >= 15 is 0 Å². The van der Waals surface area contributed by atoms with E-state index in [0.29, 0.717) is 0 Å². The van der Waals surface area contributed by atoms with E-state index in [1.54, 1.807) is 6.20 Å². The summed E-state index contributed by atoms with van der Waals surface area (Å²) >= 11 is 0. The number of nitrogens with zero attached hydrogens (tertiary/aromatic N) is 1. The van der Waals surface area contributed by atoms with Crippen LogP contribution in [0.1, 0.15) is 13.8 Å². The highest BCUT2D eigenvalue weighted by Gasteiger charge is 2.23. The van der Waals surface area contributed by atoms with E-state index in [1.165, 1.54) is 7.11 Å². The molecule has 0 saturated carbocycles. The van der Waals surface area contributed by atoms with Gasteiger partial charge >= 0.3 is 5.97 Å². The van der Waals surface area contributed by atoms with Gasteiger partial charge in [-0.15, -0.1) is 0 Å². The number of aromatic nitrogens is 1. The predicted molar refractivity (Wildman–Crippen MR) is 76.0 cm³/mol. The standard InChI is InChI=1S/C15H18N2O2/c1-10(2)14(15(18)19-3)17-13-8-9-16-12-7-5-4-6-11(12)13/h4-10,14H,1-3H3,(H,16,17). The molecule has 1 heterocycles. The summed E-state index contributed by atoms with van der Waals surface area (Å²) in [6, 6.07) is 9.34. The number of pyridine rings is 1. The van der Waals surface area contributed by atoms with Crippen LogP contribution in [0, 0.1) is 5.92 Å². The minimum atomic E-state index is -0.365. The Morgan fingerprint density at radius 1 is 1.26 bits per heavy atom. The number of anilines is 1. The minimum Gasteiger partial charge on any atom is -0.467 e. The van der Waals surface area contributed by atoms with Crippen LogP contribution in [0.15, 0.2) is 36.5 Å². The fourth-order valence-electron chi connectivity index (χ4n) is 2.01. The first-order chi connectivity index (χ1) is 9.13. The van der Waals surface area contributed by atoms with Crippen LogP contribution in [0.5, 0.6) is 0 Å². The van der Waals surface area contributed by atoms with Crippen LogP contribution in [0.2, 0.25) is 0 Å². The van der Waals surface area contributed by atoms with Gasteiger partial charge in [-0.3, -0.25) is 4.98 Å². The van der Waals surface area contributed by atoms with Gasteiger partial charge in [-0.1, -0.05) is 32.0 Å². The smallest absolute Gasteiger partial charge is 0.328 e. The molecule has 0 spiro atoms. The molecule has 1 atom stereocenters. The Balaban J connectivity index is 2.36. The summed E-state index contributed by atoms with van der Waals surface area (Å²) in [5, 5.41) is 4.26. The van der Waals surface area contributed by atoms with E-state index in [0.717, 1.165) is 16.6 Å². The number of carbonyl (C=O) groups excluding carboxylic acids is 1. The second-order valence-corrected chi connectivity index (χ2v) is 4.76. The highest BCUT2D eigenvalue weighted by molar-refractivity contribution is 5.92. The molecule has 1 aromatic heterocycles. The lowest BCUT2D eigenvalue weighted by Gasteiger charge is -2.21. The topological polar surface area (TPSA) is 51.2 Å². The van der Waals surface area contributed by atoms with Gasteiger partial charge in [0.25, 0.3) is 0 Å². The molecule has 0 aliphatic heterocycles. The number of carbonyl (C=O) groups is 1. The highest BCUT2D eigenvalue weighted by atomic mass is 16.5. The molecule has 4 nitrogen and oxygen atoms in total. The van der Waals surface area contributed by atoms with Crippen LogP contribution in [0.25, 0.3) is 10.9 Å². The number of hydrogen-bond acceptors (Lipinski definition) is 4. The molecule has 0 radical (unpaired) electrons. The van der Waals surface area contributed by atoms with Gasteiger partial charge in [0.1, 0.15) is 6.04 Å². The first-order valence-corrected chi connectivity index (χ1v) is 6.31. The predicted octanol–water partition coefficient (Wildman–Crippen LogP) is 2.84. The van der Waals surface area contributed by atoms with E-state index in [4.69, 9.17) is 4.74 Å². The van der Waals surface area contributed by atoms with E-state index in [-0.39, 0.29) is 17.9 Å². The van der Waals surface area contributed by atoms with Crippen molar-refractivity contribution in [2.24, 2.45) is 5.92 Å². The first-order valence-electron chi connectivity index (χ1n) is 6.31. The van der Waals surface area contributed by atoms with Gasteiger partial charge in [-0.25, -0.2) is 4.79 Å². The van der Waals surface area contributed by atoms with Gasteiger partial charge in [-0.05, 0) is 18.1 Å². The van der Waals surface area contributed by atoms with E-state index in [9.17, 15) is 4.79 Å². The van der Waals surface area contributed by atoms with Crippen LogP contribution in [0.3, 0.4) is 0 Å². The molecule has 1 N–H and O–H groups in total. The van der Waals surface area contributed by atoms with Crippen LogP contribution in [0.4, 0.5) is 5.69 Å². The average Bonchev–Trinajstić information content (AvgIpc) is 2.43. The number of rotatable bonds is 4. The Bertz CT molecular complexity index is 576. The van der Waals surface area contributed by atoms with Gasteiger partial charge < -0.3 is 10.1 Å². The molecule has 1 unspecified atom stereocenters. The van der Waals surface area contributed by atoms with Gasteiger partial charge in [0.15, 0.2) is 0 Å². The molecule has 2 rings (SSSR count). The van der Waals surface area contributed by atoms with Crippen molar-refractivity contribution in [3.8, 4) is 0 Å². The summed E-state index contributed by atoms with van der Waals surface area (Å²) in [4.78, 5) is 16.1. The molecule has 0 aliphatic carbocycles. The van der Waals surface area contributed by atoms with Gasteiger partial charge in [0.05, 0.1) is 12.6 Å². The maximum absolute atomic E-state index is 11.8. The van der Waals surface area contributed by atoms with Crippen molar-refractivity contribution in [3.05, 3.63) is 36.5 Å². The largest absolute Gasteiger partial charge is 0.467 e. The Morgan fingerprint density at radius 3 is 2.68 bits per heavy atom. The van der Waals surface area contributed by atoms with E-state index < -0.39 is 0 Å². The molecule has 4 heteroatoms. The van der Waals surface area contributed by atoms with Gasteiger partial charge in [0, 0.05) is 17.3 Å². The SMILES string of the molecule is COC(=O)C(Nc1ccnc2ccccc12)C(C)C. The maximum Gasteiger partial charge on any atom is 0.328 e. The molecule has 2 aromatic rings. The number of benzene rings is 1. The third kappa shape index (κ3) is 2.84. The summed E-state index contributed by atoms with van der Waals surface area (Å²) in [5.41, 5.74) is 1.80. The summed E-state index contributed by atoms with van der Waals surface area (Å²) < 4.78 is 4.84. The number of fused-ring (bicyclic) bond motifs is 1. The van der Waals surface area contributed by atoms with Crippen molar-refractivity contribution >= 4 is 22.6 Å². The van der Waals surface area contributed by atoms with Crippen molar-refractivity contribution in [3.63, 3.8) is 0 Å². The van der Waals surface area contributed by atoms with Crippen LogP contribution in [-0.2, 0) is 9.53 Å². The Kier molecular flexibility index (Phi) is 4.00. The maximum atomic E-state index is 11.8. The molecule has 1 aromatic carbocycles. The van der Waals surface area contributed by atoms with Crippen molar-refractivity contribution in [2.75, 3.05) is 12.4 Å². The summed E-state index contributed by atoms with van der Waals surface area (Å²) in [6.07, 6.45) is 1.74. The Labute approximate surface area is 112 Å². The molecule has 19 heavy (non-hydrogen) atoms. The average molecular weight is 258 g/mol. The second-order valence-electron chi connectivity index (χ2n) is 4.76. The molecular weight excluding hydrogens is 240 g/mol. The summed E-state index contributed by atoms with van der Waals surface area (Å²) in [5.74, 6) is -0.115. The quantitative estimate of drug-likeness (QED) is 0.857. The molecule has 0 amide bonds. The fraction of sp³-hybridized carbons (Fsp3) is 0.333. The lowest BCUT2D eigenvalue weighted by Crippen LogP contribution is -2.35. The number of ether oxygens (including phenoxy) is 1. The Hall–Kier alpha value is -2.10. The third-order valence-corrected chi connectivity index (χ3v) is 3.08. The normalized spacial score (nSPS) is 12.4. The lowest BCUT2D eigenvalue weighted by atomic mass is 10.0. The monoisotopic (exact) mass is 258 g/mol. The van der Waals surface area contributed by atoms with Crippen molar-refractivity contribution in [1.29, 1.82) is 0 Å². The van der Waals surface area contributed by atoms with Crippen molar-refractivity contribution < 1.29 is 9.53 Å². The highest BCUT2D eigenvalue weighted by Crippen LogP contribution is 2.23. The number of esters is 1. The van der Waals surface area contributed by atoms with E-state index in [2.05, 4.69) is 10.3 Å². The van der Waals surface area contributed by atoms with Crippen LogP contribution < -0.4 is 5.32 Å². The second kappa shape index (κ2) is 5.69. The molecular formula is C15H18N2O2. The van der Waals surface area contributed by atoms with Crippen molar-refractivity contribution in [1.82, 2.24) is 4.98 Å². The van der Waals surface area contributed by atoms with Crippen LogP contribution in [-0.4, -0.2) is 24.1 Å². The van der Waals surface area contributed by atoms with Gasteiger partial charge in [0.2, 0.25) is 0 Å². The number of hydrogen-bond donors (Lipinski definition) is 1. The molecule has 0 aliphatic rings. The van der Waals surface area contributed by atoms with Crippen LogP contribution >= 0.6 is 0 Å².